The molecule has 1 unspecified atom stereocenters. The van der Waals surface area contributed by atoms with E-state index < -0.39 is 6.10 Å². The van der Waals surface area contributed by atoms with Crippen molar-refractivity contribution in [3.8, 4) is 0 Å². The standard InChI is InChI=1S/C11H15NO3/c1-8(14)6-12-11(15)10-4-2-9(7-13)3-5-10/h2-5,8,13-14H,6-7H2,1H3,(H,12,15). The van der Waals surface area contributed by atoms with E-state index in [4.69, 9.17) is 10.2 Å². The number of aliphatic hydroxyl groups excluding tert-OH is 2. The summed E-state index contributed by atoms with van der Waals surface area (Å²) in [5.41, 5.74) is 1.29. The number of aliphatic hydroxyl groups is 2. The quantitative estimate of drug-likeness (QED) is 0.667. The monoisotopic (exact) mass is 209 g/mol. The van der Waals surface area contributed by atoms with Gasteiger partial charge in [-0.3, -0.25) is 4.79 Å². The molecule has 0 aliphatic carbocycles. The highest BCUT2D eigenvalue weighted by Gasteiger charge is 2.05. The number of rotatable bonds is 4. The van der Waals surface area contributed by atoms with Gasteiger partial charge in [-0.1, -0.05) is 12.1 Å². The first kappa shape index (κ1) is 11.7. The van der Waals surface area contributed by atoms with Crippen LogP contribution in [0.15, 0.2) is 24.3 Å². The normalized spacial score (nSPS) is 12.2. The zero-order chi connectivity index (χ0) is 11.3. The van der Waals surface area contributed by atoms with E-state index >= 15 is 0 Å². The molecule has 1 atom stereocenters. The third kappa shape index (κ3) is 3.69. The highest BCUT2D eigenvalue weighted by molar-refractivity contribution is 5.94. The van der Waals surface area contributed by atoms with Gasteiger partial charge in [-0.25, -0.2) is 0 Å². The van der Waals surface area contributed by atoms with Gasteiger partial charge >= 0.3 is 0 Å². The summed E-state index contributed by atoms with van der Waals surface area (Å²) >= 11 is 0. The van der Waals surface area contributed by atoms with E-state index in [9.17, 15) is 4.79 Å². The fraction of sp³-hybridized carbons (Fsp3) is 0.364. The molecule has 0 radical (unpaired) electrons. The average molecular weight is 209 g/mol. The van der Waals surface area contributed by atoms with Crippen LogP contribution in [0.5, 0.6) is 0 Å². The van der Waals surface area contributed by atoms with Crippen LogP contribution in [-0.2, 0) is 6.61 Å². The van der Waals surface area contributed by atoms with E-state index in [0.717, 1.165) is 5.56 Å². The van der Waals surface area contributed by atoms with Crippen molar-refractivity contribution in [3.05, 3.63) is 35.4 Å². The summed E-state index contributed by atoms with van der Waals surface area (Å²) in [5, 5.41) is 20.4. The Hall–Kier alpha value is -1.39. The van der Waals surface area contributed by atoms with Crippen molar-refractivity contribution in [1.82, 2.24) is 5.32 Å². The summed E-state index contributed by atoms with van der Waals surface area (Å²) in [7, 11) is 0. The van der Waals surface area contributed by atoms with E-state index in [1.165, 1.54) is 0 Å². The van der Waals surface area contributed by atoms with Gasteiger partial charge in [0, 0.05) is 12.1 Å². The Morgan fingerprint density at radius 3 is 2.47 bits per heavy atom. The fourth-order valence-corrected chi connectivity index (χ4v) is 1.10. The number of carbonyl (C=O) groups is 1. The molecule has 4 heteroatoms. The number of hydrogen-bond acceptors (Lipinski definition) is 3. The third-order valence-electron chi connectivity index (χ3n) is 1.96. The van der Waals surface area contributed by atoms with Crippen LogP contribution in [0.3, 0.4) is 0 Å². The minimum atomic E-state index is -0.550. The Morgan fingerprint density at radius 1 is 1.40 bits per heavy atom. The van der Waals surface area contributed by atoms with Crippen LogP contribution in [-0.4, -0.2) is 28.8 Å². The molecule has 82 valence electrons. The van der Waals surface area contributed by atoms with Crippen LogP contribution in [0.1, 0.15) is 22.8 Å². The van der Waals surface area contributed by atoms with Crippen molar-refractivity contribution < 1.29 is 15.0 Å². The van der Waals surface area contributed by atoms with E-state index in [-0.39, 0.29) is 19.1 Å². The van der Waals surface area contributed by atoms with Crippen LogP contribution >= 0.6 is 0 Å². The Labute approximate surface area is 88.6 Å². The smallest absolute Gasteiger partial charge is 0.251 e. The van der Waals surface area contributed by atoms with Crippen molar-refractivity contribution in [2.75, 3.05) is 6.54 Å². The molecular formula is C11H15NO3. The number of benzene rings is 1. The summed E-state index contributed by atoms with van der Waals surface area (Å²) in [5.74, 6) is -0.222. The summed E-state index contributed by atoms with van der Waals surface area (Å²) in [6.45, 7) is 1.81. The summed E-state index contributed by atoms with van der Waals surface area (Å²) < 4.78 is 0. The van der Waals surface area contributed by atoms with Crippen LogP contribution < -0.4 is 5.32 Å². The maximum atomic E-state index is 11.5. The largest absolute Gasteiger partial charge is 0.392 e. The maximum absolute atomic E-state index is 11.5. The summed E-state index contributed by atoms with van der Waals surface area (Å²) in [6, 6.07) is 6.67. The molecule has 1 amide bonds. The molecule has 0 bridgehead atoms. The molecule has 0 aromatic heterocycles. The molecule has 1 aromatic rings. The minimum Gasteiger partial charge on any atom is -0.392 e. The molecular weight excluding hydrogens is 194 g/mol. The number of nitrogens with one attached hydrogen (secondary N) is 1. The Morgan fingerprint density at radius 2 is 2.00 bits per heavy atom. The molecule has 0 spiro atoms. The van der Waals surface area contributed by atoms with E-state index in [2.05, 4.69) is 5.32 Å². The first-order valence-electron chi connectivity index (χ1n) is 4.79. The zero-order valence-electron chi connectivity index (χ0n) is 8.60. The Balaban J connectivity index is 2.58. The maximum Gasteiger partial charge on any atom is 0.251 e. The SMILES string of the molecule is CC(O)CNC(=O)c1ccc(CO)cc1. The van der Waals surface area contributed by atoms with Crippen LogP contribution in [0.4, 0.5) is 0 Å². The molecule has 4 nitrogen and oxygen atoms in total. The van der Waals surface area contributed by atoms with Crippen LogP contribution in [0, 0.1) is 0 Å². The molecule has 0 heterocycles. The lowest BCUT2D eigenvalue weighted by Gasteiger charge is -2.07. The second kappa shape index (κ2) is 5.48. The van der Waals surface area contributed by atoms with Gasteiger partial charge in [-0.05, 0) is 24.6 Å². The molecule has 3 N–H and O–H groups in total. The fourth-order valence-electron chi connectivity index (χ4n) is 1.10. The van der Waals surface area contributed by atoms with Gasteiger partial charge in [-0.2, -0.15) is 0 Å². The second-order valence-corrected chi connectivity index (χ2v) is 3.41. The average Bonchev–Trinajstić information content (AvgIpc) is 2.26. The number of amides is 1. The molecule has 0 saturated carbocycles. The summed E-state index contributed by atoms with van der Waals surface area (Å²) in [4.78, 5) is 11.5. The molecule has 0 saturated heterocycles. The van der Waals surface area contributed by atoms with Crippen molar-refractivity contribution in [3.63, 3.8) is 0 Å². The Bertz CT molecular complexity index is 319. The first-order chi connectivity index (χ1) is 7.13. The highest BCUT2D eigenvalue weighted by atomic mass is 16.3. The number of carbonyl (C=O) groups excluding carboxylic acids is 1. The van der Waals surface area contributed by atoms with Gasteiger partial charge in [0.25, 0.3) is 5.91 Å². The molecule has 0 fully saturated rings. The number of hydrogen-bond donors (Lipinski definition) is 3. The van der Waals surface area contributed by atoms with Gasteiger partial charge < -0.3 is 15.5 Å². The highest BCUT2D eigenvalue weighted by Crippen LogP contribution is 2.04. The van der Waals surface area contributed by atoms with Gasteiger partial charge in [-0.15, -0.1) is 0 Å². The molecule has 15 heavy (non-hydrogen) atoms. The lowest BCUT2D eigenvalue weighted by Crippen LogP contribution is -2.30. The van der Waals surface area contributed by atoms with E-state index in [0.29, 0.717) is 5.56 Å². The van der Waals surface area contributed by atoms with Crippen molar-refractivity contribution in [2.24, 2.45) is 0 Å². The first-order valence-corrected chi connectivity index (χ1v) is 4.79. The van der Waals surface area contributed by atoms with E-state index in [1.807, 2.05) is 0 Å². The lowest BCUT2D eigenvalue weighted by atomic mass is 10.1. The van der Waals surface area contributed by atoms with Gasteiger partial charge in [0.05, 0.1) is 12.7 Å². The summed E-state index contributed by atoms with van der Waals surface area (Å²) in [6.07, 6.45) is -0.550. The lowest BCUT2D eigenvalue weighted by molar-refractivity contribution is 0.0924. The second-order valence-electron chi connectivity index (χ2n) is 3.41. The zero-order valence-corrected chi connectivity index (χ0v) is 8.60. The van der Waals surface area contributed by atoms with Crippen LogP contribution in [0.25, 0.3) is 0 Å². The van der Waals surface area contributed by atoms with Gasteiger partial charge in [0.1, 0.15) is 0 Å². The third-order valence-corrected chi connectivity index (χ3v) is 1.96. The van der Waals surface area contributed by atoms with Gasteiger partial charge in [0.15, 0.2) is 0 Å². The predicted octanol–water partition coefficient (Wildman–Crippen LogP) is 0.290. The van der Waals surface area contributed by atoms with Gasteiger partial charge in [0.2, 0.25) is 0 Å². The van der Waals surface area contributed by atoms with Crippen molar-refractivity contribution in [2.45, 2.75) is 19.6 Å². The topological polar surface area (TPSA) is 69.6 Å². The van der Waals surface area contributed by atoms with Crippen molar-refractivity contribution >= 4 is 5.91 Å². The minimum absolute atomic E-state index is 0.0322. The molecule has 1 rings (SSSR count). The van der Waals surface area contributed by atoms with E-state index in [1.54, 1.807) is 31.2 Å². The predicted molar refractivity (Wildman–Crippen MR) is 56.4 cm³/mol. The van der Waals surface area contributed by atoms with Crippen LogP contribution in [0.2, 0.25) is 0 Å². The van der Waals surface area contributed by atoms with Crippen molar-refractivity contribution in [1.29, 1.82) is 0 Å². The Kier molecular flexibility index (Phi) is 4.27. The molecule has 0 aliphatic rings. The molecule has 0 aliphatic heterocycles. The molecule has 1 aromatic carbocycles.